The maximum atomic E-state index is 12.3. The predicted octanol–water partition coefficient (Wildman–Crippen LogP) is 3.02. The Kier molecular flexibility index (Phi) is 4.09. The molecule has 22 heavy (non-hydrogen) atoms. The van der Waals surface area contributed by atoms with E-state index in [4.69, 9.17) is 0 Å². The van der Waals surface area contributed by atoms with Gasteiger partial charge in [0.25, 0.3) is 0 Å². The van der Waals surface area contributed by atoms with E-state index >= 15 is 0 Å². The highest BCUT2D eigenvalue weighted by Crippen LogP contribution is 2.29. The van der Waals surface area contributed by atoms with Crippen molar-refractivity contribution in [3.05, 3.63) is 48.0 Å². The SMILES string of the molecule is O=C(O)C(CC(=O)N1CCCC1)c1cccc2ccccc12. The van der Waals surface area contributed by atoms with Crippen molar-refractivity contribution in [1.82, 2.24) is 4.90 Å². The molecule has 1 fully saturated rings. The standard InChI is InChI=1S/C18H19NO3/c20-17(19-10-3-4-11-19)12-16(18(21)22)15-9-5-7-13-6-1-2-8-14(13)15/h1-2,5-9,16H,3-4,10-12H2,(H,21,22). The van der Waals surface area contributed by atoms with E-state index in [0.717, 1.165) is 42.3 Å². The molecule has 114 valence electrons. The number of rotatable bonds is 4. The van der Waals surface area contributed by atoms with Gasteiger partial charge in [-0.1, -0.05) is 42.5 Å². The van der Waals surface area contributed by atoms with Crippen molar-refractivity contribution in [3.63, 3.8) is 0 Å². The van der Waals surface area contributed by atoms with Crippen molar-refractivity contribution in [2.45, 2.75) is 25.2 Å². The molecule has 1 aliphatic rings. The molecule has 0 saturated carbocycles. The van der Waals surface area contributed by atoms with Crippen molar-refractivity contribution in [2.24, 2.45) is 0 Å². The fraction of sp³-hybridized carbons (Fsp3) is 0.333. The lowest BCUT2D eigenvalue weighted by molar-refractivity contribution is -0.142. The molecule has 4 nitrogen and oxygen atoms in total. The van der Waals surface area contributed by atoms with Gasteiger partial charge < -0.3 is 10.0 Å². The maximum absolute atomic E-state index is 12.3. The monoisotopic (exact) mass is 297 g/mol. The first-order valence-electron chi connectivity index (χ1n) is 7.65. The Morgan fingerprint density at radius 1 is 1.05 bits per heavy atom. The van der Waals surface area contributed by atoms with Crippen LogP contribution >= 0.6 is 0 Å². The molecular formula is C18H19NO3. The van der Waals surface area contributed by atoms with E-state index in [1.54, 1.807) is 4.90 Å². The number of fused-ring (bicyclic) bond motifs is 1. The molecule has 1 atom stereocenters. The summed E-state index contributed by atoms with van der Waals surface area (Å²) in [5, 5.41) is 11.5. The molecule has 1 aliphatic heterocycles. The van der Waals surface area contributed by atoms with Crippen molar-refractivity contribution in [3.8, 4) is 0 Å². The van der Waals surface area contributed by atoms with E-state index < -0.39 is 11.9 Å². The molecule has 1 heterocycles. The second kappa shape index (κ2) is 6.18. The molecule has 4 heteroatoms. The number of carboxylic acids is 1. The van der Waals surface area contributed by atoms with Crippen LogP contribution in [0.15, 0.2) is 42.5 Å². The second-order valence-corrected chi connectivity index (χ2v) is 5.75. The zero-order valence-electron chi connectivity index (χ0n) is 12.4. The van der Waals surface area contributed by atoms with Gasteiger partial charge in [-0.25, -0.2) is 0 Å². The predicted molar refractivity (Wildman–Crippen MR) is 84.8 cm³/mol. The van der Waals surface area contributed by atoms with Crippen LogP contribution in [0.3, 0.4) is 0 Å². The van der Waals surface area contributed by atoms with E-state index in [-0.39, 0.29) is 12.3 Å². The van der Waals surface area contributed by atoms with Crippen LogP contribution in [0.5, 0.6) is 0 Å². The van der Waals surface area contributed by atoms with Crippen molar-refractivity contribution in [1.29, 1.82) is 0 Å². The van der Waals surface area contributed by atoms with Crippen LogP contribution in [-0.4, -0.2) is 35.0 Å². The average Bonchev–Trinajstić information content (AvgIpc) is 3.06. The Hall–Kier alpha value is -2.36. The summed E-state index contributed by atoms with van der Waals surface area (Å²) in [6, 6.07) is 13.3. The van der Waals surface area contributed by atoms with Gasteiger partial charge in [-0.15, -0.1) is 0 Å². The van der Waals surface area contributed by atoms with Gasteiger partial charge in [0, 0.05) is 19.5 Å². The first kappa shape index (κ1) is 14.6. The number of hydrogen-bond donors (Lipinski definition) is 1. The van der Waals surface area contributed by atoms with Crippen molar-refractivity contribution < 1.29 is 14.7 Å². The fourth-order valence-corrected chi connectivity index (χ4v) is 3.15. The third kappa shape index (κ3) is 2.82. The van der Waals surface area contributed by atoms with Gasteiger partial charge >= 0.3 is 5.97 Å². The smallest absolute Gasteiger partial charge is 0.311 e. The second-order valence-electron chi connectivity index (χ2n) is 5.75. The lowest BCUT2D eigenvalue weighted by Gasteiger charge is -2.19. The molecular weight excluding hydrogens is 278 g/mol. The quantitative estimate of drug-likeness (QED) is 0.943. The van der Waals surface area contributed by atoms with Gasteiger partial charge in [-0.3, -0.25) is 9.59 Å². The van der Waals surface area contributed by atoms with Crippen LogP contribution < -0.4 is 0 Å². The minimum absolute atomic E-state index is 0.0311. The van der Waals surface area contributed by atoms with Crippen molar-refractivity contribution >= 4 is 22.6 Å². The highest BCUT2D eigenvalue weighted by atomic mass is 16.4. The first-order chi connectivity index (χ1) is 10.7. The minimum atomic E-state index is -0.941. The first-order valence-corrected chi connectivity index (χ1v) is 7.65. The van der Waals surface area contributed by atoms with Gasteiger partial charge in [0.1, 0.15) is 0 Å². The molecule has 1 amide bonds. The normalized spacial score (nSPS) is 15.9. The summed E-state index contributed by atoms with van der Waals surface area (Å²) in [5.74, 6) is -1.79. The molecule has 2 aromatic carbocycles. The number of carbonyl (C=O) groups excluding carboxylic acids is 1. The summed E-state index contributed by atoms with van der Waals surface area (Å²) in [6.45, 7) is 1.50. The summed E-state index contributed by atoms with van der Waals surface area (Å²) in [6.07, 6.45) is 2.05. The molecule has 0 aromatic heterocycles. The highest BCUT2D eigenvalue weighted by Gasteiger charge is 2.28. The number of carbonyl (C=O) groups is 2. The summed E-state index contributed by atoms with van der Waals surface area (Å²) in [4.78, 5) is 25.8. The van der Waals surface area contributed by atoms with E-state index in [1.165, 1.54) is 0 Å². The number of amides is 1. The number of aliphatic carboxylic acids is 1. The molecule has 0 spiro atoms. The van der Waals surface area contributed by atoms with Crippen LogP contribution in [-0.2, 0) is 9.59 Å². The Morgan fingerprint density at radius 3 is 2.45 bits per heavy atom. The number of benzene rings is 2. The molecule has 3 rings (SSSR count). The molecule has 2 aromatic rings. The maximum Gasteiger partial charge on any atom is 0.311 e. The fourth-order valence-electron chi connectivity index (χ4n) is 3.15. The van der Waals surface area contributed by atoms with Crippen LogP contribution in [0.2, 0.25) is 0 Å². The minimum Gasteiger partial charge on any atom is -0.481 e. The van der Waals surface area contributed by atoms with E-state index in [9.17, 15) is 14.7 Å². The number of likely N-dealkylation sites (tertiary alicyclic amines) is 1. The lowest BCUT2D eigenvalue weighted by Crippen LogP contribution is -2.30. The van der Waals surface area contributed by atoms with E-state index in [0.29, 0.717) is 0 Å². The van der Waals surface area contributed by atoms with Crippen LogP contribution in [0, 0.1) is 0 Å². The Bertz CT molecular complexity index is 699. The van der Waals surface area contributed by atoms with Crippen LogP contribution in [0.1, 0.15) is 30.7 Å². The van der Waals surface area contributed by atoms with Crippen molar-refractivity contribution in [2.75, 3.05) is 13.1 Å². The molecule has 1 N–H and O–H groups in total. The van der Waals surface area contributed by atoms with Gasteiger partial charge in [-0.2, -0.15) is 0 Å². The average molecular weight is 297 g/mol. The summed E-state index contributed by atoms with van der Waals surface area (Å²) < 4.78 is 0. The number of carboxylic acid groups (broad SMARTS) is 1. The van der Waals surface area contributed by atoms with Crippen LogP contribution in [0.4, 0.5) is 0 Å². The molecule has 0 bridgehead atoms. The van der Waals surface area contributed by atoms with Crippen LogP contribution in [0.25, 0.3) is 10.8 Å². The Balaban J connectivity index is 1.93. The Labute approximate surface area is 129 Å². The zero-order valence-corrected chi connectivity index (χ0v) is 12.4. The summed E-state index contributed by atoms with van der Waals surface area (Å²) >= 11 is 0. The molecule has 0 radical (unpaired) electrons. The third-order valence-electron chi connectivity index (χ3n) is 4.33. The Morgan fingerprint density at radius 2 is 1.73 bits per heavy atom. The van der Waals surface area contributed by atoms with E-state index in [1.807, 2.05) is 42.5 Å². The number of hydrogen-bond acceptors (Lipinski definition) is 2. The molecule has 0 aliphatic carbocycles. The largest absolute Gasteiger partial charge is 0.481 e. The van der Waals surface area contributed by atoms with Gasteiger partial charge in [-0.05, 0) is 29.2 Å². The molecule has 1 saturated heterocycles. The topological polar surface area (TPSA) is 57.6 Å². The lowest BCUT2D eigenvalue weighted by atomic mass is 9.90. The summed E-state index contributed by atoms with van der Waals surface area (Å²) in [7, 11) is 0. The zero-order chi connectivity index (χ0) is 15.5. The molecule has 1 unspecified atom stereocenters. The van der Waals surface area contributed by atoms with Gasteiger partial charge in [0.15, 0.2) is 0 Å². The van der Waals surface area contributed by atoms with Gasteiger partial charge in [0.05, 0.1) is 5.92 Å². The van der Waals surface area contributed by atoms with Gasteiger partial charge in [0.2, 0.25) is 5.91 Å². The number of nitrogens with zero attached hydrogens (tertiary/aromatic N) is 1. The highest BCUT2D eigenvalue weighted by molar-refractivity contribution is 5.93. The third-order valence-corrected chi connectivity index (χ3v) is 4.33. The van der Waals surface area contributed by atoms with E-state index in [2.05, 4.69) is 0 Å². The summed E-state index contributed by atoms with van der Waals surface area (Å²) in [5.41, 5.74) is 0.721.